The number of rotatable bonds is 0. The summed E-state index contributed by atoms with van der Waals surface area (Å²) in [4.78, 5) is 10.9. The molecule has 1 N–H and O–H groups in total. The first kappa shape index (κ1) is 8.23. The van der Waals surface area contributed by atoms with Gasteiger partial charge in [-0.15, -0.1) is 0 Å². The number of carbonyl (C=O) groups is 1. The molecule has 0 bridgehead atoms. The summed E-state index contributed by atoms with van der Waals surface area (Å²) < 4.78 is 0. The van der Waals surface area contributed by atoms with Gasteiger partial charge in [-0.2, -0.15) is 10.1 Å². The summed E-state index contributed by atoms with van der Waals surface area (Å²) in [5.74, 6) is 0. The molecule has 1 aliphatic carbocycles. The highest BCUT2D eigenvalue weighted by molar-refractivity contribution is 5.95. The van der Waals surface area contributed by atoms with Gasteiger partial charge in [-0.3, -0.25) is 0 Å². The van der Waals surface area contributed by atoms with Crippen LogP contribution in [0.2, 0.25) is 0 Å². The molecule has 0 saturated carbocycles. The third kappa shape index (κ3) is 1.01. The first-order chi connectivity index (χ1) is 7.27. The SMILES string of the molecule is O=C(O)N1N=CC2=Cc3ccccc3C21. The van der Waals surface area contributed by atoms with Crippen LogP contribution >= 0.6 is 0 Å². The fourth-order valence-electron chi connectivity index (χ4n) is 2.07. The molecule has 0 fully saturated rings. The number of benzene rings is 1. The third-order valence-electron chi connectivity index (χ3n) is 2.70. The van der Waals surface area contributed by atoms with Crippen LogP contribution in [0.1, 0.15) is 17.2 Å². The number of hydrazone groups is 1. The van der Waals surface area contributed by atoms with Gasteiger partial charge in [-0.1, -0.05) is 24.3 Å². The maximum absolute atomic E-state index is 10.9. The van der Waals surface area contributed by atoms with Crippen LogP contribution in [0.3, 0.4) is 0 Å². The minimum absolute atomic E-state index is 0.237. The van der Waals surface area contributed by atoms with Crippen molar-refractivity contribution in [3.63, 3.8) is 0 Å². The maximum atomic E-state index is 10.9. The van der Waals surface area contributed by atoms with Crippen molar-refractivity contribution in [2.75, 3.05) is 0 Å². The van der Waals surface area contributed by atoms with E-state index in [4.69, 9.17) is 5.11 Å². The second-order valence-corrected chi connectivity index (χ2v) is 3.55. The van der Waals surface area contributed by atoms with Crippen molar-refractivity contribution < 1.29 is 9.90 Å². The Morgan fingerprint density at radius 1 is 1.40 bits per heavy atom. The van der Waals surface area contributed by atoms with Crippen molar-refractivity contribution in [1.29, 1.82) is 0 Å². The van der Waals surface area contributed by atoms with Gasteiger partial charge in [0.1, 0.15) is 6.04 Å². The largest absolute Gasteiger partial charge is 0.464 e. The predicted molar refractivity (Wildman–Crippen MR) is 55.5 cm³/mol. The van der Waals surface area contributed by atoms with E-state index in [-0.39, 0.29) is 6.04 Å². The zero-order valence-electron chi connectivity index (χ0n) is 7.79. The molecule has 1 atom stereocenters. The molecule has 4 heteroatoms. The number of fused-ring (bicyclic) bond motifs is 3. The van der Waals surface area contributed by atoms with Crippen molar-refractivity contribution in [2.24, 2.45) is 5.10 Å². The minimum Gasteiger partial charge on any atom is -0.464 e. The van der Waals surface area contributed by atoms with Gasteiger partial charge in [0.25, 0.3) is 0 Å². The molecular formula is C11H8N2O2. The van der Waals surface area contributed by atoms with E-state index in [0.29, 0.717) is 0 Å². The van der Waals surface area contributed by atoms with E-state index in [1.165, 1.54) is 0 Å². The van der Waals surface area contributed by atoms with Crippen LogP contribution in [0.4, 0.5) is 4.79 Å². The molecule has 0 saturated heterocycles. The van der Waals surface area contributed by atoms with E-state index >= 15 is 0 Å². The molecule has 1 heterocycles. The van der Waals surface area contributed by atoms with Gasteiger partial charge in [0.15, 0.2) is 0 Å². The van der Waals surface area contributed by atoms with Crippen molar-refractivity contribution >= 4 is 18.4 Å². The Morgan fingerprint density at radius 2 is 2.20 bits per heavy atom. The van der Waals surface area contributed by atoms with Gasteiger partial charge >= 0.3 is 6.09 Å². The molecule has 74 valence electrons. The van der Waals surface area contributed by atoms with Crippen LogP contribution in [-0.4, -0.2) is 22.4 Å². The molecule has 2 aliphatic rings. The highest BCUT2D eigenvalue weighted by Crippen LogP contribution is 2.40. The topological polar surface area (TPSA) is 52.9 Å². The van der Waals surface area contributed by atoms with Crippen LogP contribution < -0.4 is 0 Å². The van der Waals surface area contributed by atoms with Gasteiger partial charge in [0, 0.05) is 5.57 Å². The van der Waals surface area contributed by atoms with Crippen LogP contribution in [0, 0.1) is 0 Å². The van der Waals surface area contributed by atoms with Crippen LogP contribution in [0.25, 0.3) is 6.08 Å². The van der Waals surface area contributed by atoms with Crippen molar-refractivity contribution in [2.45, 2.75) is 6.04 Å². The van der Waals surface area contributed by atoms with Crippen molar-refractivity contribution in [1.82, 2.24) is 5.01 Å². The lowest BCUT2D eigenvalue weighted by Crippen LogP contribution is -2.25. The number of nitrogens with zero attached hydrogens (tertiary/aromatic N) is 2. The summed E-state index contributed by atoms with van der Waals surface area (Å²) in [5.41, 5.74) is 3.03. The molecule has 1 aromatic rings. The van der Waals surface area contributed by atoms with E-state index in [2.05, 4.69) is 5.10 Å². The second kappa shape index (κ2) is 2.70. The molecule has 0 spiro atoms. The predicted octanol–water partition coefficient (Wildman–Crippen LogP) is 2.10. The Kier molecular flexibility index (Phi) is 1.48. The summed E-state index contributed by atoms with van der Waals surface area (Å²) in [6, 6.07) is 7.54. The number of carboxylic acid groups (broad SMARTS) is 1. The highest BCUT2D eigenvalue weighted by Gasteiger charge is 2.36. The normalized spacial score (nSPS) is 21.2. The van der Waals surface area contributed by atoms with Gasteiger partial charge < -0.3 is 5.11 Å². The van der Waals surface area contributed by atoms with E-state index in [0.717, 1.165) is 21.7 Å². The average Bonchev–Trinajstić information content (AvgIpc) is 2.74. The molecule has 0 radical (unpaired) electrons. The van der Waals surface area contributed by atoms with Crippen LogP contribution in [-0.2, 0) is 0 Å². The molecule has 0 aromatic heterocycles. The quantitative estimate of drug-likeness (QED) is 0.697. The number of amides is 1. The van der Waals surface area contributed by atoms with Gasteiger partial charge in [-0.05, 0) is 17.2 Å². The molecule has 4 nitrogen and oxygen atoms in total. The minimum atomic E-state index is -1.02. The fourth-order valence-corrected chi connectivity index (χ4v) is 2.07. The van der Waals surface area contributed by atoms with E-state index in [9.17, 15) is 4.79 Å². The first-order valence-corrected chi connectivity index (χ1v) is 4.64. The molecule has 15 heavy (non-hydrogen) atoms. The molecule has 3 rings (SSSR count). The third-order valence-corrected chi connectivity index (χ3v) is 2.70. The molecular weight excluding hydrogens is 192 g/mol. The zero-order valence-corrected chi connectivity index (χ0v) is 7.79. The van der Waals surface area contributed by atoms with Gasteiger partial charge in [0.2, 0.25) is 0 Å². The lowest BCUT2D eigenvalue weighted by Gasteiger charge is -2.17. The Hall–Kier alpha value is -2.10. The van der Waals surface area contributed by atoms with Gasteiger partial charge in [0.05, 0.1) is 6.21 Å². The fraction of sp³-hybridized carbons (Fsp3) is 0.0909. The molecule has 1 aliphatic heterocycles. The monoisotopic (exact) mass is 200 g/mol. The lowest BCUT2D eigenvalue weighted by molar-refractivity contribution is 0.139. The lowest BCUT2D eigenvalue weighted by atomic mass is 10.1. The summed E-state index contributed by atoms with van der Waals surface area (Å²) >= 11 is 0. The highest BCUT2D eigenvalue weighted by atomic mass is 16.4. The number of hydrogen-bond donors (Lipinski definition) is 1. The standard InChI is InChI=1S/C11H8N2O2/c14-11(15)13-10-8(6-12-13)5-7-3-1-2-4-9(7)10/h1-6,10H,(H,14,15). The Bertz CT molecular complexity index is 505. The average molecular weight is 200 g/mol. The first-order valence-electron chi connectivity index (χ1n) is 4.64. The van der Waals surface area contributed by atoms with E-state index in [1.54, 1.807) is 6.21 Å². The van der Waals surface area contributed by atoms with Crippen molar-refractivity contribution in [3.8, 4) is 0 Å². The van der Waals surface area contributed by atoms with Crippen molar-refractivity contribution in [3.05, 3.63) is 41.0 Å². The Balaban J connectivity index is 2.12. The Morgan fingerprint density at radius 3 is 3.00 bits per heavy atom. The Labute approximate surface area is 86.1 Å². The maximum Gasteiger partial charge on any atom is 0.428 e. The number of hydrogen-bond acceptors (Lipinski definition) is 2. The van der Waals surface area contributed by atoms with E-state index in [1.807, 2.05) is 30.3 Å². The van der Waals surface area contributed by atoms with Crippen LogP contribution in [0.5, 0.6) is 0 Å². The van der Waals surface area contributed by atoms with Gasteiger partial charge in [-0.25, -0.2) is 4.79 Å². The second-order valence-electron chi connectivity index (χ2n) is 3.55. The smallest absolute Gasteiger partial charge is 0.428 e. The molecule has 1 aromatic carbocycles. The van der Waals surface area contributed by atoms with Crippen LogP contribution in [0.15, 0.2) is 34.9 Å². The molecule has 1 unspecified atom stereocenters. The molecule has 1 amide bonds. The van der Waals surface area contributed by atoms with E-state index < -0.39 is 6.09 Å². The summed E-state index contributed by atoms with van der Waals surface area (Å²) in [5, 5.41) is 13.9. The summed E-state index contributed by atoms with van der Waals surface area (Å²) in [6.45, 7) is 0. The summed E-state index contributed by atoms with van der Waals surface area (Å²) in [7, 11) is 0. The zero-order chi connectivity index (χ0) is 10.4. The summed E-state index contributed by atoms with van der Waals surface area (Å²) in [6.07, 6.45) is 2.57.